The molecule has 12 heteroatoms. The zero-order chi connectivity index (χ0) is 25.7. The fraction of sp³-hybridized carbons (Fsp3) is 0.250. The summed E-state index contributed by atoms with van der Waals surface area (Å²) < 4.78 is 13.7. The van der Waals surface area contributed by atoms with Gasteiger partial charge in [0, 0.05) is 12.7 Å². The van der Waals surface area contributed by atoms with Gasteiger partial charge in [-0.15, -0.1) is 0 Å². The van der Waals surface area contributed by atoms with E-state index in [2.05, 4.69) is 15.3 Å². The predicted octanol–water partition coefficient (Wildman–Crippen LogP) is 1.60. The van der Waals surface area contributed by atoms with E-state index in [9.17, 15) is 19.5 Å². The van der Waals surface area contributed by atoms with Crippen molar-refractivity contribution in [2.75, 3.05) is 24.8 Å². The quantitative estimate of drug-likeness (QED) is 0.273. The third kappa shape index (κ3) is 5.61. The molecule has 0 spiro atoms. The summed E-state index contributed by atoms with van der Waals surface area (Å²) in [5.74, 6) is 0.706. The number of imidazole rings is 1. The number of H-pyrrole nitrogens is 1. The molecule has 0 bridgehead atoms. The van der Waals surface area contributed by atoms with Crippen molar-refractivity contribution in [2.24, 2.45) is 7.05 Å². The van der Waals surface area contributed by atoms with Crippen molar-refractivity contribution >= 4 is 34.5 Å². The Balaban J connectivity index is 1.56. The summed E-state index contributed by atoms with van der Waals surface area (Å²) in [5.41, 5.74) is -0.346. The SMILES string of the molecule is COc1ccccc1OC[C@@H](O)Cn1c(SCC(=O)Nc2ccccc2)nc2c1c(=O)[nH]c(=O)n2C. The first-order chi connectivity index (χ1) is 17.4. The molecule has 2 heterocycles. The Hall–Kier alpha value is -4.03. The van der Waals surface area contributed by atoms with Gasteiger partial charge in [0.05, 0.1) is 19.4 Å². The van der Waals surface area contributed by atoms with Crippen LogP contribution in [0.5, 0.6) is 11.5 Å². The molecule has 0 saturated heterocycles. The molecular weight excluding hydrogens is 486 g/mol. The molecule has 0 aliphatic rings. The Bertz CT molecular complexity index is 1480. The van der Waals surface area contributed by atoms with Crippen molar-refractivity contribution in [1.82, 2.24) is 19.1 Å². The van der Waals surface area contributed by atoms with E-state index in [0.29, 0.717) is 22.3 Å². The highest BCUT2D eigenvalue weighted by Gasteiger charge is 2.21. The number of hydrogen-bond acceptors (Lipinski definition) is 8. The van der Waals surface area contributed by atoms with Crippen LogP contribution >= 0.6 is 11.8 Å². The minimum Gasteiger partial charge on any atom is -0.493 e. The number of para-hydroxylation sites is 3. The number of aliphatic hydroxyl groups excluding tert-OH is 1. The van der Waals surface area contributed by atoms with Gasteiger partial charge in [-0.3, -0.25) is 19.1 Å². The van der Waals surface area contributed by atoms with Gasteiger partial charge in [0.1, 0.15) is 12.7 Å². The number of aromatic nitrogens is 4. The summed E-state index contributed by atoms with van der Waals surface area (Å²) in [6, 6.07) is 16.0. The number of carbonyl (C=O) groups is 1. The highest BCUT2D eigenvalue weighted by Crippen LogP contribution is 2.26. The minimum atomic E-state index is -1.04. The zero-order valence-electron chi connectivity index (χ0n) is 19.6. The molecule has 0 saturated carbocycles. The molecule has 3 N–H and O–H groups in total. The van der Waals surface area contributed by atoms with E-state index < -0.39 is 17.4 Å². The van der Waals surface area contributed by atoms with Crippen LogP contribution in [-0.4, -0.2) is 55.7 Å². The first-order valence-corrected chi connectivity index (χ1v) is 12.0. The van der Waals surface area contributed by atoms with Crippen LogP contribution in [-0.2, 0) is 18.4 Å². The second-order valence-corrected chi connectivity index (χ2v) is 8.76. The number of hydrogen-bond donors (Lipinski definition) is 3. The summed E-state index contributed by atoms with van der Waals surface area (Å²) in [6.07, 6.45) is -1.04. The molecule has 0 aliphatic carbocycles. The van der Waals surface area contributed by atoms with Crippen molar-refractivity contribution in [2.45, 2.75) is 17.8 Å². The maximum Gasteiger partial charge on any atom is 0.329 e. The maximum atomic E-state index is 12.7. The van der Waals surface area contributed by atoms with E-state index in [1.54, 1.807) is 36.4 Å². The van der Waals surface area contributed by atoms with Gasteiger partial charge in [0.25, 0.3) is 5.56 Å². The first-order valence-electron chi connectivity index (χ1n) is 11.0. The summed E-state index contributed by atoms with van der Waals surface area (Å²) in [6.45, 7) is -0.155. The van der Waals surface area contributed by atoms with Gasteiger partial charge in [-0.2, -0.15) is 0 Å². The summed E-state index contributed by atoms with van der Waals surface area (Å²) in [4.78, 5) is 43.9. The number of aliphatic hydroxyl groups is 1. The average molecular weight is 512 g/mol. The van der Waals surface area contributed by atoms with Crippen LogP contribution in [0.15, 0.2) is 69.3 Å². The molecule has 0 radical (unpaired) electrons. The molecular formula is C24H25N5O6S. The fourth-order valence-corrected chi connectivity index (χ4v) is 4.34. The second-order valence-electron chi connectivity index (χ2n) is 7.81. The lowest BCUT2D eigenvalue weighted by molar-refractivity contribution is -0.113. The van der Waals surface area contributed by atoms with Crippen molar-refractivity contribution in [3.63, 3.8) is 0 Å². The van der Waals surface area contributed by atoms with Gasteiger partial charge < -0.3 is 24.5 Å². The standard InChI is InChI=1S/C24H25N5O6S/c1-28-21-20(22(32)27-23(28)33)29(12-16(30)13-35-18-11-7-6-10-17(18)34-2)24(26-21)36-14-19(31)25-15-8-4-3-5-9-15/h3-11,16,30H,12-14H2,1-2H3,(H,25,31)(H,27,32,33)/t16-/m0/s1. The second kappa shape index (κ2) is 11.1. The predicted molar refractivity (Wildman–Crippen MR) is 136 cm³/mol. The van der Waals surface area contributed by atoms with Crippen molar-refractivity contribution in [1.29, 1.82) is 0 Å². The lowest BCUT2D eigenvalue weighted by atomic mass is 10.3. The molecule has 2 aromatic heterocycles. The van der Waals surface area contributed by atoms with Crippen LogP contribution in [0, 0.1) is 0 Å². The van der Waals surface area contributed by atoms with Crippen molar-refractivity contribution in [3.05, 3.63) is 75.4 Å². The fourth-order valence-electron chi connectivity index (χ4n) is 3.53. The Labute approximate surface area is 209 Å². The third-order valence-corrected chi connectivity index (χ3v) is 6.23. The number of nitrogens with zero attached hydrogens (tertiary/aromatic N) is 3. The molecule has 0 aliphatic heterocycles. The number of thioether (sulfide) groups is 1. The smallest absolute Gasteiger partial charge is 0.329 e. The number of ether oxygens (including phenoxy) is 2. The van der Waals surface area contributed by atoms with Crippen LogP contribution < -0.4 is 26.0 Å². The van der Waals surface area contributed by atoms with E-state index in [1.807, 2.05) is 18.2 Å². The molecule has 11 nitrogen and oxygen atoms in total. The number of benzene rings is 2. The Morgan fingerprint density at radius 3 is 2.56 bits per heavy atom. The number of anilines is 1. The molecule has 1 amide bonds. The van der Waals surface area contributed by atoms with Crippen LogP contribution in [0.25, 0.3) is 11.2 Å². The van der Waals surface area contributed by atoms with Gasteiger partial charge >= 0.3 is 5.69 Å². The molecule has 1 atom stereocenters. The summed E-state index contributed by atoms with van der Waals surface area (Å²) >= 11 is 1.09. The van der Waals surface area contributed by atoms with E-state index in [0.717, 1.165) is 11.8 Å². The topological polar surface area (TPSA) is 140 Å². The molecule has 188 valence electrons. The average Bonchev–Trinajstić information content (AvgIpc) is 3.24. The van der Waals surface area contributed by atoms with Crippen molar-refractivity contribution in [3.8, 4) is 11.5 Å². The molecule has 2 aromatic carbocycles. The highest BCUT2D eigenvalue weighted by molar-refractivity contribution is 7.99. The van der Waals surface area contributed by atoms with Gasteiger partial charge in [0.2, 0.25) is 5.91 Å². The zero-order valence-corrected chi connectivity index (χ0v) is 20.4. The highest BCUT2D eigenvalue weighted by atomic mass is 32.2. The number of aromatic amines is 1. The minimum absolute atomic E-state index is 0.00211. The Kier molecular flexibility index (Phi) is 7.76. The third-order valence-electron chi connectivity index (χ3n) is 5.26. The van der Waals surface area contributed by atoms with Crippen LogP contribution in [0.4, 0.5) is 5.69 Å². The molecule has 0 unspecified atom stereocenters. The van der Waals surface area contributed by atoms with Crippen LogP contribution in [0.1, 0.15) is 0 Å². The maximum absolute atomic E-state index is 12.7. The normalized spacial score (nSPS) is 11.9. The van der Waals surface area contributed by atoms with E-state index in [-0.39, 0.29) is 36.0 Å². The van der Waals surface area contributed by atoms with E-state index in [1.165, 1.54) is 23.3 Å². The number of rotatable bonds is 10. The van der Waals surface area contributed by atoms with Gasteiger partial charge in [0.15, 0.2) is 27.8 Å². The van der Waals surface area contributed by atoms with Gasteiger partial charge in [-0.1, -0.05) is 42.1 Å². The lowest BCUT2D eigenvalue weighted by Gasteiger charge is -2.16. The van der Waals surface area contributed by atoms with Crippen LogP contribution in [0.3, 0.4) is 0 Å². The van der Waals surface area contributed by atoms with Gasteiger partial charge in [-0.25, -0.2) is 9.78 Å². The summed E-state index contributed by atoms with van der Waals surface area (Å²) in [7, 11) is 3.00. The van der Waals surface area contributed by atoms with E-state index >= 15 is 0 Å². The van der Waals surface area contributed by atoms with E-state index in [4.69, 9.17) is 9.47 Å². The number of amides is 1. The number of carbonyl (C=O) groups excluding carboxylic acids is 1. The first kappa shape index (κ1) is 25.1. The van der Waals surface area contributed by atoms with Gasteiger partial charge in [-0.05, 0) is 24.3 Å². The number of fused-ring (bicyclic) bond motifs is 1. The number of methoxy groups -OCH3 is 1. The molecule has 4 aromatic rings. The monoisotopic (exact) mass is 511 g/mol. The number of nitrogens with one attached hydrogen (secondary N) is 2. The van der Waals surface area contributed by atoms with Crippen LogP contribution in [0.2, 0.25) is 0 Å². The largest absolute Gasteiger partial charge is 0.493 e. The lowest BCUT2D eigenvalue weighted by Crippen LogP contribution is -2.30. The molecule has 0 fully saturated rings. The number of aryl methyl sites for hydroxylation is 1. The molecule has 36 heavy (non-hydrogen) atoms. The Morgan fingerprint density at radius 1 is 1.14 bits per heavy atom. The van der Waals surface area contributed by atoms with Crippen molar-refractivity contribution < 1.29 is 19.4 Å². The Morgan fingerprint density at radius 2 is 1.83 bits per heavy atom. The molecule has 4 rings (SSSR count). The summed E-state index contributed by atoms with van der Waals surface area (Å²) in [5, 5.41) is 13.8.